The van der Waals surface area contributed by atoms with Gasteiger partial charge in [-0.2, -0.15) is 26.3 Å². The molecular weight excluding hydrogens is 314 g/mol. The summed E-state index contributed by atoms with van der Waals surface area (Å²) >= 11 is 0. The average molecular weight is 330 g/mol. The number of rotatable bonds is 4. The van der Waals surface area contributed by atoms with E-state index in [-0.39, 0.29) is 18.1 Å². The van der Waals surface area contributed by atoms with Crippen molar-refractivity contribution in [3.05, 3.63) is 34.9 Å². The zero-order valence-corrected chi connectivity index (χ0v) is 12.8. The second kappa shape index (κ2) is 6.00. The molecule has 0 unspecified atom stereocenters. The van der Waals surface area contributed by atoms with Gasteiger partial charge in [0.25, 0.3) is 0 Å². The van der Waals surface area contributed by atoms with E-state index in [1.165, 1.54) is 7.11 Å². The summed E-state index contributed by atoms with van der Waals surface area (Å²) in [6.07, 6.45) is -9.48. The molecule has 8 heteroatoms. The first-order chi connectivity index (χ1) is 9.35. The highest BCUT2D eigenvalue weighted by Gasteiger charge is 2.37. The van der Waals surface area contributed by atoms with E-state index in [1.807, 2.05) is 13.1 Å². The van der Waals surface area contributed by atoms with E-state index in [0.29, 0.717) is 6.04 Å². The highest BCUT2D eigenvalue weighted by Crippen LogP contribution is 2.36. The number of aryl methyl sites for hydroxylation is 1. The van der Waals surface area contributed by atoms with Crippen molar-refractivity contribution >= 4 is 8.32 Å². The van der Waals surface area contributed by atoms with Gasteiger partial charge in [0.2, 0.25) is 0 Å². The SMILES string of the molecule is CO[Si](C)(C)CCc1cc(C(F)(F)F)cc(C(F)(F)F)c1. The highest BCUT2D eigenvalue weighted by atomic mass is 28.4. The van der Waals surface area contributed by atoms with Gasteiger partial charge in [0.05, 0.1) is 11.1 Å². The van der Waals surface area contributed by atoms with Crippen LogP contribution in [0, 0.1) is 0 Å². The molecule has 0 spiro atoms. The molecule has 0 radical (unpaired) electrons. The fourth-order valence-corrected chi connectivity index (χ4v) is 2.81. The van der Waals surface area contributed by atoms with Crippen molar-refractivity contribution in [1.82, 2.24) is 0 Å². The van der Waals surface area contributed by atoms with E-state index >= 15 is 0 Å². The molecule has 1 nitrogen and oxygen atoms in total. The summed E-state index contributed by atoms with van der Waals surface area (Å²) in [5, 5.41) is 0. The van der Waals surface area contributed by atoms with E-state index in [0.717, 1.165) is 12.1 Å². The van der Waals surface area contributed by atoms with Crippen LogP contribution >= 0.6 is 0 Å². The molecule has 21 heavy (non-hydrogen) atoms. The summed E-state index contributed by atoms with van der Waals surface area (Å²) in [6.45, 7) is 3.70. The maximum absolute atomic E-state index is 12.7. The van der Waals surface area contributed by atoms with Crippen LogP contribution in [0.3, 0.4) is 0 Å². The predicted molar refractivity (Wildman–Crippen MR) is 69.4 cm³/mol. The van der Waals surface area contributed by atoms with Gasteiger partial charge >= 0.3 is 12.4 Å². The Bertz CT molecular complexity index is 460. The standard InChI is InChI=1S/C13H16F6OSi/c1-20-21(2,3)5-4-9-6-10(12(14,15)16)8-11(7-9)13(17,18)19/h6-8H,4-5H2,1-3H3. The lowest BCUT2D eigenvalue weighted by atomic mass is 10.0. The molecule has 120 valence electrons. The fraction of sp³-hybridized carbons (Fsp3) is 0.538. The molecule has 0 aliphatic heterocycles. The van der Waals surface area contributed by atoms with E-state index in [4.69, 9.17) is 4.43 Å². The molecule has 0 saturated carbocycles. The number of alkyl halides is 6. The summed E-state index contributed by atoms with van der Waals surface area (Å²) in [5.41, 5.74) is -2.52. The molecule has 1 rings (SSSR count). The molecule has 0 aliphatic rings. The number of benzene rings is 1. The van der Waals surface area contributed by atoms with Gasteiger partial charge in [0.1, 0.15) is 0 Å². The average Bonchev–Trinajstić information content (AvgIpc) is 2.34. The van der Waals surface area contributed by atoms with Crippen LogP contribution in [0.1, 0.15) is 16.7 Å². The maximum atomic E-state index is 12.7. The third-order valence-corrected chi connectivity index (χ3v) is 5.78. The van der Waals surface area contributed by atoms with Crippen molar-refractivity contribution in [3.63, 3.8) is 0 Å². The van der Waals surface area contributed by atoms with Crippen molar-refractivity contribution in [2.24, 2.45) is 0 Å². The quantitative estimate of drug-likeness (QED) is 0.550. The fourth-order valence-electron chi connectivity index (χ4n) is 1.71. The molecule has 0 atom stereocenters. The molecular formula is C13H16F6OSi. The molecule has 0 aromatic heterocycles. The summed E-state index contributed by atoms with van der Waals surface area (Å²) in [6, 6.07) is 2.13. The lowest BCUT2D eigenvalue weighted by molar-refractivity contribution is -0.143. The lowest BCUT2D eigenvalue weighted by Gasteiger charge is -2.20. The molecule has 0 fully saturated rings. The third-order valence-electron chi connectivity index (χ3n) is 3.22. The Morgan fingerprint density at radius 1 is 0.905 bits per heavy atom. The van der Waals surface area contributed by atoms with Crippen molar-refractivity contribution in [2.45, 2.75) is 37.9 Å². The van der Waals surface area contributed by atoms with Gasteiger partial charge < -0.3 is 4.43 Å². The Labute approximate surface area is 120 Å². The van der Waals surface area contributed by atoms with E-state index in [9.17, 15) is 26.3 Å². The minimum Gasteiger partial charge on any atom is -0.420 e. The van der Waals surface area contributed by atoms with E-state index in [1.54, 1.807) is 0 Å². The van der Waals surface area contributed by atoms with Gasteiger partial charge in [-0.25, -0.2) is 0 Å². The predicted octanol–water partition coefficient (Wildman–Crippen LogP) is 5.12. The summed E-state index contributed by atoms with van der Waals surface area (Å²) in [4.78, 5) is 0. The minimum absolute atomic E-state index is 0.0229. The first-order valence-corrected chi connectivity index (χ1v) is 9.30. The number of hydrogen-bond donors (Lipinski definition) is 0. The van der Waals surface area contributed by atoms with Crippen LogP contribution in [0.5, 0.6) is 0 Å². The molecule has 0 amide bonds. The first kappa shape index (κ1) is 18.0. The number of halogens is 6. The Kier molecular flexibility index (Phi) is 5.15. The van der Waals surface area contributed by atoms with Crippen molar-refractivity contribution in [2.75, 3.05) is 7.11 Å². The molecule has 0 saturated heterocycles. The summed E-state index contributed by atoms with van der Waals surface area (Å²) in [7, 11) is -0.550. The van der Waals surface area contributed by atoms with Crippen LogP contribution in [0.15, 0.2) is 18.2 Å². The van der Waals surface area contributed by atoms with Crippen molar-refractivity contribution < 1.29 is 30.8 Å². The van der Waals surface area contributed by atoms with Gasteiger partial charge in [-0.1, -0.05) is 0 Å². The van der Waals surface area contributed by atoms with Gasteiger partial charge in [-0.05, 0) is 49.3 Å². The Morgan fingerprint density at radius 3 is 1.67 bits per heavy atom. The van der Waals surface area contributed by atoms with Crippen LogP contribution in [0.4, 0.5) is 26.3 Å². The van der Waals surface area contributed by atoms with Gasteiger partial charge in [0.15, 0.2) is 8.32 Å². The molecule has 1 aromatic rings. The van der Waals surface area contributed by atoms with Crippen LogP contribution in [0.2, 0.25) is 19.1 Å². The van der Waals surface area contributed by atoms with Crippen LogP contribution in [-0.4, -0.2) is 15.4 Å². The molecule has 1 aromatic carbocycles. The molecule has 0 N–H and O–H groups in total. The highest BCUT2D eigenvalue weighted by molar-refractivity contribution is 6.71. The molecule has 0 bridgehead atoms. The normalized spacial score (nSPS) is 13.6. The van der Waals surface area contributed by atoms with Crippen LogP contribution < -0.4 is 0 Å². The maximum Gasteiger partial charge on any atom is 0.416 e. The van der Waals surface area contributed by atoms with Crippen LogP contribution in [0.25, 0.3) is 0 Å². The smallest absolute Gasteiger partial charge is 0.416 e. The third kappa shape index (κ3) is 5.35. The Hall–Kier alpha value is -1.02. The van der Waals surface area contributed by atoms with Crippen molar-refractivity contribution in [3.8, 4) is 0 Å². The first-order valence-electron chi connectivity index (χ1n) is 6.19. The van der Waals surface area contributed by atoms with E-state index < -0.39 is 31.8 Å². The second-order valence-electron chi connectivity index (χ2n) is 5.38. The van der Waals surface area contributed by atoms with Crippen molar-refractivity contribution in [1.29, 1.82) is 0 Å². The summed E-state index contributed by atoms with van der Waals surface area (Å²) < 4.78 is 81.4. The second-order valence-corrected chi connectivity index (χ2v) is 9.81. The molecule has 0 aliphatic carbocycles. The topological polar surface area (TPSA) is 9.23 Å². The van der Waals surface area contributed by atoms with Gasteiger partial charge in [-0.3, -0.25) is 0 Å². The minimum atomic E-state index is -4.80. The van der Waals surface area contributed by atoms with Crippen LogP contribution in [-0.2, 0) is 23.2 Å². The molecule has 0 heterocycles. The zero-order chi connectivity index (χ0) is 16.5. The number of hydrogen-bond acceptors (Lipinski definition) is 1. The lowest BCUT2D eigenvalue weighted by Crippen LogP contribution is -2.28. The van der Waals surface area contributed by atoms with E-state index in [2.05, 4.69) is 0 Å². The largest absolute Gasteiger partial charge is 0.420 e. The van der Waals surface area contributed by atoms with Gasteiger partial charge in [0, 0.05) is 7.11 Å². The monoisotopic (exact) mass is 330 g/mol. The Morgan fingerprint density at radius 2 is 1.33 bits per heavy atom. The summed E-state index contributed by atoms with van der Waals surface area (Å²) in [5.74, 6) is 0. The van der Waals surface area contributed by atoms with Gasteiger partial charge in [-0.15, -0.1) is 0 Å². The zero-order valence-electron chi connectivity index (χ0n) is 11.8. The Balaban J connectivity index is 3.14.